The molecule has 20 heavy (non-hydrogen) atoms. The van der Waals surface area contributed by atoms with E-state index in [0.717, 1.165) is 6.07 Å². The zero-order valence-corrected chi connectivity index (χ0v) is 11.9. The number of benzene rings is 1. The average Bonchev–Trinajstić information content (AvgIpc) is 2.36. The number of nitrogens with two attached hydrogens (primary N) is 1. The lowest BCUT2D eigenvalue weighted by molar-refractivity contribution is -0.138. The number of halogens is 4. The average molecular weight is 347 g/mol. The third-order valence-electron chi connectivity index (χ3n) is 2.62. The summed E-state index contributed by atoms with van der Waals surface area (Å²) < 4.78 is 38.9. The van der Waals surface area contributed by atoms with E-state index in [1.807, 2.05) is 0 Å². The maximum Gasteiger partial charge on any atom is 0.416 e. The number of anilines is 3. The van der Waals surface area contributed by atoms with Gasteiger partial charge in [-0.3, -0.25) is 0 Å². The van der Waals surface area contributed by atoms with Crippen molar-refractivity contribution < 1.29 is 13.2 Å². The smallest absolute Gasteiger partial charge is 0.383 e. The van der Waals surface area contributed by atoms with Crippen molar-refractivity contribution in [2.45, 2.75) is 13.1 Å². The van der Waals surface area contributed by atoms with Gasteiger partial charge in [-0.05, 0) is 40.5 Å². The number of rotatable bonds is 2. The largest absolute Gasteiger partial charge is 0.416 e. The summed E-state index contributed by atoms with van der Waals surface area (Å²) in [6.45, 7) is 1.41. The van der Waals surface area contributed by atoms with Gasteiger partial charge >= 0.3 is 6.18 Å². The Morgan fingerprint density at radius 1 is 1.25 bits per heavy atom. The van der Waals surface area contributed by atoms with Crippen molar-refractivity contribution in [2.75, 3.05) is 11.1 Å². The quantitative estimate of drug-likeness (QED) is 0.865. The van der Waals surface area contributed by atoms with Crippen molar-refractivity contribution in [3.05, 3.63) is 40.1 Å². The van der Waals surface area contributed by atoms with Crippen LogP contribution < -0.4 is 11.1 Å². The molecule has 0 aliphatic carbocycles. The van der Waals surface area contributed by atoms with Gasteiger partial charge in [0.1, 0.15) is 22.4 Å². The van der Waals surface area contributed by atoms with Gasteiger partial charge in [-0.1, -0.05) is 6.07 Å². The van der Waals surface area contributed by atoms with Gasteiger partial charge in [0.2, 0.25) is 0 Å². The first-order valence-corrected chi connectivity index (χ1v) is 6.29. The van der Waals surface area contributed by atoms with Gasteiger partial charge in [0.05, 0.1) is 5.56 Å². The lowest BCUT2D eigenvalue weighted by Crippen LogP contribution is -2.08. The van der Waals surface area contributed by atoms with E-state index in [9.17, 15) is 13.2 Å². The highest BCUT2D eigenvalue weighted by Gasteiger charge is 2.32. The molecular formula is C12H10BrF3N4. The molecule has 0 saturated carbocycles. The van der Waals surface area contributed by atoms with Crippen molar-refractivity contribution in [3.63, 3.8) is 0 Å². The summed E-state index contributed by atoms with van der Waals surface area (Å²) >= 11 is 3.18. The van der Waals surface area contributed by atoms with Gasteiger partial charge in [-0.2, -0.15) is 13.2 Å². The van der Waals surface area contributed by atoms with E-state index in [0.29, 0.717) is 10.3 Å². The number of hydrogen-bond donors (Lipinski definition) is 2. The van der Waals surface area contributed by atoms with E-state index < -0.39 is 11.7 Å². The van der Waals surface area contributed by atoms with Crippen molar-refractivity contribution >= 4 is 33.3 Å². The summed E-state index contributed by atoms with van der Waals surface area (Å²) in [4.78, 5) is 7.67. The fourth-order valence-corrected chi connectivity index (χ4v) is 1.92. The zero-order valence-electron chi connectivity index (χ0n) is 10.3. The second-order valence-electron chi connectivity index (χ2n) is 4.07. The summed E-state index contributed by atoms with van der Waals surface area (Å²) in [5.41, 5.74) is 5.31. The Balaban J connectivity index is 2.38. The van der Waals surface area contributed by atoms with Crippen molar-refractivity contribution in [1.82, 2.24) is 9.97 Å². The van der Waals surface area contributed by atoms with Crippen LogP contribution in [0, 0.1) is 6.92 Å². The molecule has 3 N–H and O–H groups in total. The minimum Gasteiger partial charge on any atom is -0.383 e. The molecule has 0 aliphatic rings. The zero-order chi connectivity index (χ0) is 14.9. The lowest BCUT2D eigenvalue weighted by atomic mass is 10.1. The predicted molar refractivity (Wildman–Crippen MR) is 73.6 cm³/mol. The molecule has 0 unspecified atom stereocenters. The van der Waals surface area contributed by atoms with Gasteiger partial charge in [-0.15, -0.1) is 0 Å². The molecule has 0 saturated heterocycles. The molecule has 0 atom stereocenters. The Hall–Kier alpha value is -1.83. The Labute approximate surface area is 121 Å². The fourth-order valence-electron chi connectivity index (χ4n) is 1.61. The second kappa shape index (κ2) is 5.28. The van der Waals surface area contributed by atoms with Crippen LogP contribution in [0.2, 0.25) is 0 Å². The van der Waals surface area contributed by atoms with Crippen LogP contribution in [-0.2, 0) is 6.18 Å². The van der Waals surface area contributed by atoms with Crippen molar-refractivity contribution in [2.24, 2.45) is 0 Å². The molecule has 4 nitrogen and oxygen atoms in total. The Morgan fingerprint density at radius 3 is 2.60 bits per heavy atom. The molecule has 2 aromatic rings. The number of nitrogens with zero attached hydrogens (tertiary/aromatic N) is 2. The van der Waals surface area contributed by atoms with Crippen LogP contribution in [-0.4, -0.2) is 9.97 Å². The standard InChI is InChI=1S/C12H10BrF3N4/c1-6-2-3-7(4-8(6)12(14,15)16)20-11-9(13)10(17)18-5-19-11/h2-5H,1H3,(H3,17,18,19,20). The Morgan fingerprint density at radius 2 is 1.95 bits per heavy atom. The SMILES string of the molecule is Cc1ccc(Nc2ncnc(N)c2Br)cc1C(F)(F)F. The molecule has 0 bridgehead atoms. The monoisotopic (exact) mass is 346 g/mol. The summed E-state index contributed by atoms with van der Waals surface area (Å²) in [7, 11) is 0. The maximum absolute atomic E-state index is 12.8. The molecule has 0 aliphatic heterocycles. The minimum absolute atomic E-state index is 0.157. The first kappa shape index (κ1) is 14.6. The normalized spacial score (nSPS) is 11.4. The molecule has 1 heterocycles. The fraction of sp³-hybridized carbons (Fsp3) is 0.167. The molecule has 0 fully saturated rings. The van der Waals surface area contributed by atoms with E-state index in [1.165, 1.54) is 25.4 Å². The van der Waals surface area contributed by atoms with Gasteiger partial charge in [0, 0.05) is 5.69 Å². The number of nitrogens with one attached hydrogen (secondary N) is 1. The summed E-state index contributed by atoms with van der Waals surface area (Å²) in [5, 5.41) is 2.77. The highest BCUT2D eigenvalue weighted by molar-refractivity contribution is 9.10. The van der Waals surface area contributed by atoms with Gasteiger partial charge in [-0.25, -0.2) is 9.97 Å². The topological polar surface area (TPSA) is 63.8 Å². The van der Waals surface area contributed by atoms with Crippen LogP contribution in [0.4, 0.5) is 30.5 Å². The van der Waals surface area contributed by atoms with E-state index in [1.54, 1.807) is 0 Å². The van der Waals surface area contributed by atoms with E-state index in [-0.39, 0.29) is 17.1 Å². The van der Waals surface area contributed by atoms with Gasteiger partial charge in [0.25, 0.3) is 0 Å². The molecule has 0 radical (unpaired) electrons. The Kier molecular flexibility index (Phi) is 3.85. The first-order valence-electron chi connectivity index (χ1n) is 5.50. The highest BCUT2D eigenvalue weighted by Crippen LogP contribution is 2.34. The molecular weight excluding hydrogens is 337 g/mol. The number of hydrogen-bond acceptors (Lipinski definition) is 4. The van der Waals surface area contributed by atoms with Crippen LogP contribution in [0.3, 0.4) is 0 Å². The third kappa shape index (κ3) is 3.01. The summed E-state index contributed by atoms with van der Waals surface area (Å²) in [6, 6.07) is 3.96. The molecule has 1 aromatic carbocycles. The second-order valence-corrected chi connectivity index (χ2v) is 4.87. The lowest BCUT2D eigenvalue weighted by Gasteiger charge is -2.13. The summed E-state index contributed by atoms with van der Waals surface area (Å²) in [6.07, 6.45) is -3.18. The van der Waals surface area contributed by atoms with E-state index in [4.69, 9.17) is 5.73 Å². The molecule has 1 aromatic heterocycles. The molecule has 0 spiro atoms. The van der Waals surface area contributed by atoms with Crippen molar-refractivity contribution in [3.8, 4) is 0 Å². The first-order chi connectivity index (χ1) is 9.29. The van der Waals surface area contributed by atoms with E-state index >= 15 is 0 Å². The van der Waals surface area contributed by atoms with Crippen LogP contribution in [0.25, 0.3) is 0 Å². The van der Waals surface area contributed by atoms with Crippen LogP contribution >= 0.6 is 15.9 Å². The van der Waals surface area contributed by atoms with Gasteiger partial charge in [0.15, 0.2) is 0 Å². The molecule has 8 heteroatoms. The third-order valence-corrected chi connectivity index (χ3v) is 3.40. The molecule has 2 rings (SSSR count). The number of aromatic nitrogens is 2. The predicted octanol–water partition coefficient (Wildman–Crippen LogP) is 3.89. The number of nitrogen functional groups attached to an aromatic ring is 1. The van der Waals surface area contributed by atoms with Gasteiger partial charge < -0.3 is 11.1 Å². The van der Waals surface area contributed by atoms with Crippen LogP contribution in [0.1, 0.15) is 11.1 Å². The molecule has 0 amide bonds. The molecule has 106 valence electrons. The van der Waals surface area contributed by atoms with Crippen LogP contribution in [0.15, 0.2) is 29.0 Å². The van der Waals surface area contributed by atoms with Crippen LogP contribution in [0.5, 0.6) is 0 Å². The number of alkyl halides is 3. The highest BCUT2D eigenvalue weighted by atomic mass is 79.9. The maximum atomic E-state index is 12.8. The Bertz CT molecular complexity index is 643. The minimum atomic E-state index is -4.40. The summed E-state index contributed by atoms with van der Waals surface area (Å²) in [5.74, 6) is 0.500. The van der Waals surface area contributed by atoms with E-state index in [2.05, 4.69) is 31.2 Å². The van der Waals surface area contributed by atoms with Crippen molar-refractivity contribution in [1.29, 1.82) is 0 Å². The number of aryl methyl sites for hydroxylation is 1.